The maximum atomic E-state index is 13.9. The second-order valence-electron chi connectivity index (χ2n) is 8.63. The number of methoxy groups -OCH3 is 1. The van der Waals surface area contributed by atoms with E-state index in [0.717, 1.165) is 23.9 Å². The van der Waals surface area contributed by atoms with Crippen molar-refractivity contribution >= 4 is 58.2 Å². The lowest BCUT2D eigenvalue weighted by Crippen LogP contribution is -2.31. The van der Waals surface area contributed by atoms with E-state index in [2.05, 4.69) is 4.74 Å². The Balaban J connectivity index is 1.51. The molecule has 1 heterocycles. The Morgan fingerprint density at radius 1 is 0.976 bits per heavy atom. The van der Waals surface area contributed by atoms with Gasteiger partial charge < -0.3 is 19.3 Å². The van der Waals surface area contributed by atoms with Crippen molar-refractivity contribution in [3.05, 3.63) is 88.3 Å². The van der Waals surface area contributed by atoms with E-state index < -0.39 is 42.1 Å². The van der Waals surface area contributed by atoms with Crippen LogP contribution in [-0.2, 0) is 19.1 Å². The van der Waals surface area contributed by atoms with Gasteiger partial charge in [-0.3, -0.25) is 14.5 Å². The fourth-order valence-electron chi connectivity index (χ4n) is 3.73. The molecule has 9 nitrogen and oxygen atoms in total. The Hall–Kier alpha value is -4.62. The topological polar surface area (TPSA) is 119 Å². The fourth-order valence-corrected chi connectivity index (χ4v) is 5.03. The van der Waals surface area contributed by atoms with E-state index in [0.29, 0.717) is 16.7 Å². The zero-order valence-corrected chi connectivity index (χ0v) is 23.4. The van der Waals surface area contributed by atoms with Crippen LogP contribution in [0.15, 0.2) is 65.6 Å². The van der Waals surface area contributed by atoms with Crippen LogP contribution in [0.4, 0.5) is 8.78 Å². The molecule has 1 saturated heterocycles. The average Bonchev–Trinajstić information content (AvgIpc) is 3.23. The highest BCUT2D eigenvalue weighted by Crippen LogP contribution is 2.36. The van der Waals surface area contributed by atoms with Gasteiger partial charge in [-0.05, 0) is 65.7 Å². The van der Waals surface area contributed by atoms with Gasteiger partial charge in [0.15, 0.2) is 18.2 Å². The Morgan fingerprint density at radius 3 is 2.33 bits per heavy atom. The summed E-state index contributed by atoms with van der Waals surface area (Å²) in [5.41, 5.74) is 1.24. The zero-order chi connectivity index (χ0) is 30.4. The summed E-state index contributed by atoms with van der Waals surface area (Å²) in [7, 11) is 1.20. The van der Waals surface area contributed by atoms with Crippen molar-refractivity contribution in [3.63, 3.8) is 0 Å². The van der Waals surface area contributed by atoms with Crippen molar-refractivity contribution in [2.45, 2.75) is 6.42 Å². The molecular formula is C29H21F2NO8S2. The third-order valence-electron chi connectivity index (χ3n) is 5.87. The normalized spacial score (nSPS) is 13.8. The van der Waals surface area contributed by atoms with Crippen molar-refractivity contribution in [1.29, 1.82) is 0 Å². The number of rotatable bonds is 10. The number of esters is 2. The number of nitrogens with zero attached hydrogens (tertiary/aromatic N) is 1. The molecule has 0 atom stereocenters. The summed E-state index contributed by atoms with van der Waals surface area (Å²) in [6, 6.07) is 13.4. The summed E-state index contributed by atoms with van der Waals surface area (Å²) >= 11 is 6.33. The van der Waals surface area contributed by atoms with Gasteiger partial charge in [0.25, 0.3) is 5.91 Å². The Bertz CT molecular complexity index is 1610. The molecule has 1 fully saturated rings. The predicted octanol–water partition coefficient (Wildman–Crippen LogP) is 5.08. The number of ether oxygens (including phenoxy) is 3. The number of carbonyl (C=O) groups excluding carboxylic acids is 3. The van der Waals surface area contributed by atoms with Crippen molar-refractivity contribution in [2.24, 2.45) is 0 Å². The van der Waals surface area contributed by atoms with Gasteiger partial charge in [-0.1, -0.05) is 36.1 Å². The number of hydrogen-bond donors (Lipinski definition) is 1. The smallest absolute Gasteiger partial charge is 0.343 e. The van der Waals surface area contributed by atoms with Gasteiger partial charge in [0.2, 0.25) is 0 Å². The number of carboxylic acids is 1. The lowest BCUT2D eigenvalue weighted by Gasteiger charge is -2.14. The monoisotopic (exact) mass is 613 g/mol. The van der Waals surface area contributed by atoms with Gasteiger partial charge in [-0.15, -0.1) is 0 Å². The number of amides is 1. The molecule has 3 aromatic carbocycles. The lowest BCUT2D eigenvalue weighted by molar-refractivity contribution is -0.143. The van der Waals surface area contributed by atoms with E-state index in [-0.39, 0.29) is 39.3 Å². The standard InChI is InChI=1S/C29H21F2NO8S2/c1-38-26(34)15-39-23-9-5-17(18-4-8-21(30)22(31)13-18)12-19(23)14-24-27(35)32(29(41)42-24)11-10-25(33)40-20-6-2-16(3-7-20)28(36)37/h2-9,12-14H,10-11,15H2,1H3,(H,36,37)/b24-14-. The van der Waals surface area contributed by atoms with Crippen LogP contribution in [0.5, 0.6) is 11.5 Å². The maximum absolute atomic E-state index is 13.9. The molecule has 1 N–H and O–H groups in total. The predicted molar refractivity (Wildman–Crippen MR) is 153 cm³/mol. The summed E-state index contributed by atoms with van der Waals surface area (Å²) < 4.78 is 42.9. The molecule has 0 saturated carbocycles. The third-order valence-corrected chi connectivity index (χ3v) is 7.25. The summed E-state index contributed by atoms with van der Waals surface area (Å²) in [5, 5.41) is 8.97. The zero-order valence-electron chi connectivity index (χ0n) is 21.8. The van der Waals surface area contributed by atoms with Gasteiger partial charge in [0, 0.05) is 12.1 Å². The molecule has 0 aliphatic carbocycles. The second-order valence-corrected chi connectivity index (χ2v) is 10.3. The molecular weight excluding hydrogens is 592 g/mol. The van der Waals surface area contributed by atoms with Crippen LogP contribution in [-0.4, -0.2) is 58.4 Å². The average molecular weight is 614 g/mol. The van der Waals surface area contributed by atoms with Crippen LogP contribution in [0.3, 0.4) is 0 Å². The molecule has 0 aromatic heterocycles. The number of halogens is 2. The van der Waals surface area contributed by atoms with Gasteiger partial charge >= 0.3 is 17.9 Å². The maximum Gasteiger partial charge on any atom is 0.343 e. The number of benzene rings is 3. The van der Waals surface area contributed by atoms with E-state index >= 15 is 0 Å². The van der Waals surface area contributed by atoms with Gasteiger partial charge in [-0.25, -0.2) is 18.4 Å². The van der Waals surface area contributed by atoms with Crippen molar-refractivity contribution < 1.29 is 47.3 Å². The minimum atomic E-state index is -1.12. The second kappa shape index (κ2) is 13.4. The number of carboxylic acid groups (broad SMARTS) is 1. The minimum absolute atomic E-state index is 0.0355. The highest BCUT2D eigenvalue weighted by atomic mass is 32.2. The first-order chi connectivity index (χ1) is 20.0. The molecule has 216 valence electrons. The summed E-state index contributed by atoms with van der Waals surface area (Å²) in [6.45, 7) is -0.487. The lowest BCUT2D eigenvalue weighted by atomic mass is 10.0. The first kappa shape index (κ1) is 30.3. The van der Waals surface area contributed by atoms with Crippen molar-refractivity contribution in [1.82, 2.24) is 4.90 Å². The van der Waals surface area contributed by atoms with E-state index in [1.165, 1.54) is 54.5 Å². The molecule has 4 rings (SSSR count). The van der Waals surface area contributed by atoms with Crippen LogP contribution >= 0.6 is 24.0 Å². The molecule has 3 aromatic rings. The molecule has 1 aliphatic heterocycles. The quantitative estimate of drug-likeness (QED) is 0.144. The molecule has 1 aliphatic rings. The SMILES string of the molecule is COC(=O)COc1ccc(-c2ccc(F)c(F)c2)cc1/C=C1\SC(=S)N(CCC(=O)Oc2ccc(C(=O)O)cc2)C1=O. The van der Waals surface area contributed by atoms with Crippen molar-refractivity contribution in [2.75, 3.05) is 20.3 Å². The Kier molecular flexibility index (Phi) is 9.65. The van der Waals surface area contributed by atoms with Crippen LogP contribution in [0.1, 0.15) is 22.3 Å². The summed E-state index contributed by atoms with van der Waals surface area (Å²) in [6.07, 6.45) is 1.29. The molecule has 13 heteroatoms. The van der Waals surface area contributed by atoms with Gasteiger partial charge in [0.05, 0.1) is 24.0 Å². The first-order valence-corrected chi connectivity index (χ1v) is 13.4. The number of thioether (sulfide) groups is 1. The largest absolute Gasteiger partial charge is 0.481 e. The Morgan fingerprint density at radius 2 is 1.67 bits per heavy atom. The first-order valence-electron chi connectivity index (χ1n) is 12.1. The molecule has 0 unspecified atom stereocenters. The van der Waals surface area contributed by atoms with Crippen molar-refractivity contribution in [3.8, 4) is 22.6 Å². The highest BCUT2D eigenvalue weighted by molar-refractivity contribution is 8.26. The van der Waals surface area contributed by atoms with Crippen LogP contribution in [0.2, 0.25) is 0 Å². The number of aromatic carboxylic acids is 1. The fraction of sp³-hybridized carbons (Fsp3) is 0.138. The molecule has 0 bridgehead atoms. The van der Waals surface area contributed by atoms with E-state index in [9.17, 15) is 28.0 Å². The van der Waals surface area contributed by atoms with Gasteiger partial charge in [0.1, 0.15) is 15.8 Å². The van der Waals surface area contributed by atoms with Crippen LogP contribution < -0.4 is 9.47 Å². The van der Waals surface area contributed by atoms with E-state index in [1.807, 2.05) is 0 Å². The van der Waals surface area contributed by atoms with E-state index in [1.54, 1.807) is 12.1 Å². The summed E-state index contributed by atoms with van der Waals surface area (Å²) in [5.74, 6) is -4.56. The summed E-state index contributed by atoms with van der Waals surface area (Å²) in [4.78, 5) is 49.6. The molecule has 0 radical (unpaired) electrons. The van der Waals surface area contributed by atoms with Crippen LogP contribution in [0.25, 0.3) is 17.2 Å². The highest BCUT2D eigenvalue weighted by Gasteiger charge is 2.32. The molecule has 42 heavy (non-hydrogen) atoms. The van der Waals surface area contributed by atoms with Gasteiger partial charge in [-0.2, -0.15) is 0 Å². The minimum Gasteiger partial charge on any atom is -0.481 e. The molecule has 0 spiro atoms. The number of hydrogen-bond acceptors (Lipinski definition) is 9. The Labute approximate surface area is 247 Å². The third kappa shape index (κ3) is 7.36. The molecule has 1 amide bonds. The number of carbonyl (C=O) groups is 4. The number of thiocarbonyl (C=S) groups is 1. The van der Waals surface area contributed by atoms with E-state index in [4.69, 9.17) is 26.8 Å². The van der Waals surface area contributed by atoms with Crippen LogP contribution in [0, 0.1) is 11.6 Å².